The summed E-state index contributed by atoms with van der Waals surface area (Å²) in [5.41, 5.74) is 2.18. The van der Waals surface area contributed by atoms with Crippen molar-refractivity contribution in [2.45, 2.75) is 26.2 Å². The van der Waals surface area contributed by atoms with Crippen molar-refractivity contribution in [1.29, 1.82) is 0 Å². The van der Waals surface area contributed by atoms with Gasteiger partial charge in [0.05, 0.1) is 13.2 Å². The highest BCUT2D eigenvalue weighted by Crippen LogP contribution is 2.29. The maximum atomic E-state index is 11.9. The predicted octanol–water partition coefficient (Wildman–Crippen LogP) is 5.16. The van der Waals surface area contributed by atoms with Crippen LogP contribution in [0.1, 0.15) is 26.2 Å². The molecule has 2 aromatic carbocycles. The molecule has 0 heterocycles. The molecular formula is C22H24O5. The Morgan fingerprint density at radius 2 is 1.48 bits per heavy atom. The number of carbonyl (C=O) groups excluding carboxylic acids is 2. The predicted molar refractivity (Wildman–Crippen MR) is 103 cm³/mol. The molecule has 0 radical (unpaired) electrons. The second-order valence-electron chi connectivity index (χ2n) is 6.04. The van der Waals surface area contributed by atoms with Gasteiger partial charge in [0.15, 0.2) is 0 Å². The zero-order valence-electron chi connectivity index (χ0n) is 15.5. The quantitative estimate of drug-likeness (QED) is 0.265. The van der Waals surface area contributed by atoms with E-state index >= 15 is 0 Å². The molecular weight excluding hydrogens is 344 g/mol. The van der Waals surface area contributed by atoms with Gasteiger partial charge in [-0.3, -0.25) is 0 Å². The van der Waals surface area contributed by atoms with Crippen molar-refractivity contribution in [3.63, 3.8) is 0 Å². The van der Waals surface area contributed by atoms with Crippen molar-refractivity contribution < 1.29 is 23.8 Å². The number of unbranched alkanes of at least 4 members (excludes halogenated alkanes) is 2. The van der Waals surface area contributed by atoms with Crippen LogP contribution in [0.25, 0.3) is 11.1 Å². The number of esters is 1. The van der Waals surface area contributed by atoms with Gasteiger partial charge in [-0.05, 0) is 37.8 Å². The molecule has 2 rings (SSSR count). The third-order valence-corrected chi connectivity index (χ3v) is 3.76. The van der Waals surface area contributed by atoms with Gasteiger partial charge in [-0.1, -0.05) is 55.1 Å². The number of ether oxygens (including phenoxy) is 3. The molecule has 0 saturated carbocycles. The molecule has 0 aliphatic carbocycles. The van der Waals surface area contributed by atoms with E-state index in [1.807, 2.05) is 42.5 Å². The van der Waals surface area contributed by atoms with Crippen LogP contribution < -0.4 is 4.74 Å². The molecule has 0 bridgehead atoms. The van der Waals surface area contributed by atoms with E-state index in [-0.39, 0.29) is 12.6 Å². The van der Waals surface area contributed by atoms with Crippen LogP contribution in [0.5, 0.6) is 5.75 Å². The first kappa shape index (κ1) is 20.2. The lowest BCUT2D eigenvalue weighted by molar-refractivity contribution is -0.139. The lowest BCUT2D eigenvalue weighted by Gasteiger charge is -2.10. The summed E-state index contributed by atoms with van der Waals surface area (Å²) in [6, 6.07) is 17.0. The molecule has 0 spiro atoms. The summed E-state index contributed by atoms with van der Waals surface area (Å²) in [4.78, 5) is 23.1. The van der Waals surface area contributed by atoms with E-state index in [4.69, 9.17) is 14.2 Å². The molecule has 0 atom stereocenters. The van der Waals surface area contributed by atoms with Crippen molar-refractivity contribution >= 4 is 12.1 Å². The second-order valence-corrected chi connectivity index (χ2v) is 6.04. The van der Waals surface area contributed by atoms with Gasteiger partial charge in [-0.2, -0.15) is 0 Å². The van der Waals surface area contributed by atoms with Crippen LogP contribution in [-0.2, 0) is 14.3 Å². The van der Waals surface area contributed by atoms with Gasteiger partial charge in [0.1, 0.15) is 5.75 Å². The van der Waals surface area contributed by atoms with Gasteiger partial charge >= 0.3 is 12.1 Å². The monoisotopic (exact) mass is 368 g/mol. The lowest BCUT2D eigenvalue weighted by atomic mass is 10.1. The number of benzene rings is 2. The van der Waals surface area contributed by atoms with Crippen LogP contribution in [0, 0.1) is 0 Å². The Bertz CT molecular complexity index is 767. The highest BCUT2D eigenvalue weighted by atomic mass is 16.7. The summed E-state index contributed by atoms with van der Waals surface area (Å²) in [5, 5.41) is 0. The summed E-state index contributed by atoms with van der Waals surface area (Å²) in [6.07, 6.45) is 1.41. The Morgan fingerprint density at radius 1 is 0.852 bits per heavy atom. The Morgan fingerprint density at radius 3 is 2.19 bits per heavy atom. The van der Waals surface area contributed by atoms with Gasteiger partial charge < -0.3 is 14.2 Å². The Hall–Kier alpha value is -3.08. The molecule has 27 heavy (non-hydrogen) atoms. The fraction of sp³-hybridized carbons (Fsp3) is 0.273. The second kappa shape index (κ2) is 10.8. The Balaban J connectivity index is 1.71. The number of hydrogen-bond acceptors (Lipinski definition) is 5. The highest BCUT2D eigenvalue weighted by molar-refractivity contribution is 5.86. The lowest BCUT2D eigenvalue weighted by Crippen LogP contribution is -2.12. The van der Waals surface area contributed by atoms with Crippen LogP contribution in [0.2, 0.25) is 0 Å². The first-order chi connectivity index (χ1) is 13.1. The van der Waals surface area contributed by atoms with Crippen LogP contribution >= 0.6 is 0 Å². The van der Waals surface area contributed by atoms with Gasteiger partial charge in [0.25, 0.3) is 0 Å². The van der Waals surface area contributed by atoms with E-state index in [9.17, 15) is 9.59 Å². The van der Waals surface area contributed by atoms with E-state index in [0.29, 0.717) is 30.8 Å². The van der Waals surface area contributed by atoms with Crippen molar-refractivity contribution in [1.82, 2.24) is 0 Å². The van der Waals surface area contributed by atoms with Crippen molar-refractivity contribution in [3.8, 4) is 16.9 Å². The first-order valence-electron chi connectivity index (χ1n) is 8.89. The number of para-hydroxylation sites is 1. The molecule has 142 valence electrons. The Labute approximate surface area is 159 Å². The number of hydrogen-bond donors (Lipinski definition) is 0. The summed E-state index contributed by atoms with van der Waals surface area (Å²) in [5.74, 6) is 0.0762. The molecule has 0 amide bonds. The first-order valence-corrected chi connectivity index (χ1v) is 8.89. The molecule has 0 aromatic heterocycles. The molecule has 0 unspecified atom stereocenters. The molecule has 0 N–H and O–H groups in total. The third kappa shape index (κ3) is 6.98. The summed E-state index contributed by atoms with van der Waals surface area (Å²) >= 11 is 0. The van der Waals surface area contributed by atoms with Gasteiger partial charge in [-0.15, -0.1) is 0 Å². The normalized spacial score (nSPS) is 10.1. The molecule has 5 nitrogen and oxygen atoms in total. The van der Waals surface area contributed by atoms with Crippen LogP contribution in [0.15, 0.2) is 66.7 Å². The molecule has 0 fully saturated rings. The van der Waals surface area contributed by atoms with E-state index < -0.39 is 6.16 Å². The Kier molecular flexibility index (Phi) is 8.10. The van der Waals surface area contributed by atoms with Gasteiger partial charge in [0, 0.05) is 11.1 Å². The average Bonchev–Trinajstić information content (AvgIpc) is 2.68. The SMILES string of the molecule is C=C(C)C(=O)OCCCCCOC(=O)Oc1ccccc1-c1ccccc1. The van der Waals surface area contributed by atoms with Crippen LogP contribution in [0.4, 0.5) is 4.79 Å². The van der Waals surface area contributed by atoms with Crippen molar-refractivity contribution in [2.24, 2.45) is 0 Å². The summed E-state index contributed by atoms with van der Waals surface area (Å²) < 4.78 is 15.5. The molecule has 0 saturated heterocycles. The molecule has 0 aliphatic rings. The fourth-order valence-corrected chi connectivity index (χ4v) is 2.36. The zero-order valence-corrected chi connectivity index (χ0v) is 15.5. The highest BCUT2D eigenvalue weighted by Gasteiger charge is 2.11. The zero-order chi connectivity index (χ0) is 19.5. The topological polar surface area (TPSA) is 61.8 Å². The fourth-order valence-electron chi connectivity index (χ4n) is 2.36. The average molecular weight is 368 g/mol. The molecule has 5 heteroatoms. The number of carbonyl (C=O) groups is 2. The minimum absolute atomic E-state index is 0.251. The van der Waals surface area contributed by atoms with E-state index in [1.165, 1.54) is 0 Å². The van der Waals surface area contributed by atoms with Gasteiger partial charge in [0.2, 0.25) is 0 Å². The van der Waals surface area contributed by atoms with E-state index in [0.717, 1.165) is 17.5 Å². The van der Waals surface area contributed by atoms with Gasteiger partial charge in [-0.25, -0.2) is 9.59 Å². The van der Waals surface area contributed by atoms with E-state index in [1.54, 1.807) is 19.1 Å². The standard InChI is InChI=1S/C22H24O5/c1-17(2)21(23)25-15-9-4-10-16-26-22(24)27-20-14-8-7-13-19(20)18-11-5-3-6-12-18/h3,5-8,11-14H,1,4,9-10,15-16H2,2H3. The van der Waals surface area contributed by atoms with E-state index in [2.05, 4.69) is 6.58 Å². The smallest absolute Gasteiger partial charge is 0.462 e. The van der Waals surface area contributed by atoms with Crippen molar-refractivity contribution in [3.05, 3.63) is 66.7 Å². The minimum atomic E-state index is -0.730. The largest absolute Gasteiger partial charge is 0.513 e. The third-order valence-electron chi connectivity index (χ3n) is 3.76. The summed E-state index contributed by atoms with van der Waals surface area (Å²) in [7, 11) is 0. The summed E-state index contributed by atoms with van der Waals surface area (Å²) in [6.45, 7) is 5.71. The molecule has 0 aliphatic heterocycles. The van der Waals surface area contributed by atoms with Crippen LogP contribution in [0.3, 0.4) is 0 Å². The van der Waals surface area contributed by atoms with Crippen molar-refractivity contribution in [2.75, 3.05) is 13.2 Å². The number of rotatable bonds is 9. The van der Waals surface area contributed by atoms with Crippen LogP contribution in [-0.4, -0.2) is 25.3 Å². The minimum Gasteiger partial charge on any atom is -0.462 e. The maximum Gasteiger partial charge on any atom is 0.513 e. The molecule has 2 aromatic rings. The maximum absolute atomic E-state index is 11.9.